The Labute approximate surface area is 107 Å². The summed E-state index contributed by atoms with van der Waals surface area (Å²) < 4.78 is 5.26. The molecule has 0 radical (unpaired) electrons. The van der Waals surface area contributed by atoms with Gasteiger partial charge in [-0.15, -0.1) is 0 Å². The Kier molecular flexibility index (Phi) is 5.90. The van der Waals surface area contributed by atoms with Gasteiger partial charge in [0.1, 0.15) is 0 Å². The van der Waals surface area contributed by atoms with Crippen molar-refractivity contribution in [2.24, 2.45) is 17.1 Å². The molecule has 2 unspecified atom stereocenters. The minimum atomic E-state index is 0.402. The molecule has 1 rings (SSSR count). The van der Waals surface area contributed by atoms with Gasteiger partial charge in [0.2, 0.25) is 0 Å². The predicted octanol–water partition coefficient (Wildman–Crippen LogP) is 2.11. The molecule has 2 N–H and O–H groups in total. The molecule has 0 aromatic rings. The number of methoxy groups -OCH3 is 1. The molecule has 3 nitrogen and oxygen atoms in total. The molecule has 0 amide bonds. The summed E-state index contributed by atoms with van der Waals surface area (Å²) in [4.78, 5) is 2.52. The lowest BCUT2D eigenvalue weighted by molar-refractivity contribution is 0.0935. The Hall–Kier alpha value is -0.120. The van der Waals surface area contributed by atoms with Crippen LogP contribution in [0, 0.1) is 11.3 Å². The van der Waals surface area contributed by atoms with E-state index in [9.17, 15) is 0 Å². The van der Waals surface area contributed by atoms with Gasteiger partial charge < -0.3 is 10.5 Å². The standard InChI is InChI=1S/C14H30N2O/c1-14(2,3)12-6-5-8-16(9-7-12)13(10-15)11-17-4/h12-13H,5-11,15H2,1-4H3. The molecular weight excluding hydrogens is 212 g/mol. The maximum Gasteiger partial charge on any atom is 0.0630 e. The molecule has 102 valence electrons. The average Bonchev–Trinajstić information content (AvgIpc) is 2.50. The lowest BCUT2D eigenvalue weighted by Gasteiger charge is -2.31. The van der Waals surface area contributed by atoms with Gasteiger partial charge >= 0.3 is 0 Å². The highest BCUT2D eigenvalue weighted by Gasteiger charge is 2.28. The van der Waals surface area contributed by atoms with E-state index in [1.54, 1.807) is 7.11 Å². The number of nitrogens with zero attached hydrogens (tertiary/aromatic N) is 1. The number of rotatable bonds is 4. The lowest BCUT2D eigenvalue weighted by Crippen LogP contribution is -2.44. The predicted molar refractivity (Wildman–Crippen MR) is 73.1 cm³/mol. The number of nitrogens with two attached hydrogens (primary N) is 1. The van der Waals surface area contributed by atoms with Crippen LogP contribution in [0.2, 0.25) is 0 Å². The Bertz CT molecular complexity index is 213. The molecule has 1 aliphatic heterocycles. The maximum absolute atomic E-state index is 5.84. The van der Waals surface area contributed by atoms with Crippen LogP contribution in [0.1, 0.15) is 40.0 Å². The van der Waals surface area contributed by atoms with E-state index < -0.39 is 0 Å². The van der Waals surface area contributed by atoms with E-state index in [-0.39, 0.29) is 0 Å². The van der Waals surface area contributed by atoms with E-state index in [1.165, 1.54) is 32.4 Å². The summed E-state index contributed by atoms with van der Waals surface area (Å²) in [6, 6.07) is 0.402. The first-order valence-corrected chi connectivity index (χ1v) is 6.92. The van der Waals surface area contributed by atoms with Crippen molar-refractivity contribution in [2.75, 3.05) is 33.4 Å². The molecule has 1 saturated heterocycles. The third-order valence-corrected chi connectivity index (χ3v) is 4.13. The monoisotopic (exact) mass is 242 g/mol. The fraction of sp³-hybridized carbons (Fsp3) is 1.00. The van der Waals surface area contributed by atoms with E-state index >= 15 is 0 Å². The summed E-state index contributed by atoms with van der Waals surface area (Å²) in [6.45, 7) is 10.9. The van der Waals surface area contributed by atoms with Crippen molar-refractivity contribution in [1.82, 2.24) is 4.90 Å². The summed E-state index contributed by atoms with van der Waals surface area (Å²) in [6.07, 6.45) is 3.94. The van der Waals surface area contributed by atoms with Crippen molar-refractivity contribution in [2.45, 2.75) is 46.1 Å². The summed E-state index contributed by atoms with van der Waals surface area (Å²) in [5.41, 5.74) is 6.28. The van der Waals surface area contributed by atoms with E-state index in [4.69, 9.17) is 10.5 Å². The van der Waals surface area contributed by atoms with Crippen LogP contribution in [-0.4, -0.2) is 44.3 Å². The first-order valence-electron chi connectivity index (χ1n) is 6.92. The number of hydrogen-bond acceptors (Lipinski definition) is 3. The molecule has 0 spiro atoms. The highest BCUT2D eigenvalue weighted by molar-refractivity contribution is 4.82. The van der Waals surface area contributed by atoms with Crippen LogP contribution < -0.4 is 5.73 Å². The van der Waals surface area contributed by atoms with E-state index in [0.29, 0.717) is 18.0 Å². The minimum Gasteiger partial charge on any atom is -0.383 e. The zero-order valence-electron chi connectivity index (χ0n) is 12.0. The molecule has 1 fully saturated rings. The molecule has 0 aliphatic carbocycles. The van der Waals surface area contributed by atoms with Gasteiger partial charge in [-0.1, -0.05) is 20.8 Å². The first-order chi connectivity index (χ1) is 7.99. The fourth-order valence-electron chi connectivity index (χ4n) is 2.86. The van der Waals surface area contributed by atoms with Gasteiger partial charge in [-0.2, -0.15) is 0 Å². The normalized spacial score (nSPS) is 25.6. The lowest BCUT2D eigenvalue weighted by atomic mass is 9.77. The van der Waals surface area contributed by atoms with E-state index in [0.717, 1.165) is 12.5 Å². The van der Waals surface area contributed by atoms with Crippen LogP contribution >= 0.6 is 0 Å². The van der Waals surface area contributed by atoms with Crippen molar-refractivity contribution in [3.63, 3.8) is 0 Å². The van der Waals surface area contributed by atoms with Crippen molar-refractivity contribution < 1.29 is 4.74 Å². The zero-order valence-corrected chi connectivity index (χ0v) is 12.0. The molecule has 0 bridgehead atoms. The van der Waals surface area contributed by atoms with Crippen LogP contribution in [0.3, 0.4) is 0 Å². The second-order valence-corrected chi connectivity index (χ2v) is 6.37. The Morgan fingerprint density at radius 3 is 2.53 bits per heavy atom. The molecule has 0 aromatic carbocycles. The van der Waals surface area contributed by atoms with Gasteiger partial charge in [0.15, 0.2) is 0 Å². The highest BCUT2D eigenvalue weighted by Crippen LogP contribution is 2.34. The van der Waals surface area contributed by atoms with Gasteiger partial charge in [-0.05, 0) is 43.7 Å². The molecule has 3 heteroatoms. The van der Waals surface area contributed by atoms with Crippen LogP contribution in [-0.2, 0) is 4.74 Å². The second-order valence-electron chi connectivity index (χ2n) is 6.37. The average molecular weight is 242 g/mol. The smallest absolute Gasteiger partial charge is 0.0630 e. The topological polar surface area (TPSA) is 38.5 Å². The van der Waals surface area contributed by atoms with Crippen molar-refractivity contribution >= 4 is 0 Å². The highest BCUT2D eigenvalue weighted by atomic mass is 16.5. The van der Waals surface area contributed by atoms with Crippen LogP contribution in [0.15, 0.2) is 0 Å². The van der Waals surface area contributed by atoms with Crippen LogP contribution in [0.25, 0.3) is 0 Å². The Morgan fingerprint density at radius 1 is 1.29 bits per heavy atom. The minimum absolute atomic E-state index is 0.402. The molecule has 0 aromatic heterocycles. The van der Waals surface area contributed by atoms with Gasteiger partial charge in [-0.3, -0.25) is 4.90 Å². The maximum atomic E-state index is 5.84. The van der Waals surface area contributed by atoms with Gasteiger partial charge in [0.05, 0.1) is 6.61 Å². The number of ether oxygens (including phenoxy) is 1. The van der Waals surface area contributed by atoms with E-state index in [2.05, 4.69) is 25.7 Å². The molecule has 1 aliphatic rings. The summed E-state index contributed by atoms with van der Waals surface area (Å²) in [5.74, 6) is 0.841. The first kappa shape index (κ1) is 14.9. The van der Waals surface area contributed by atoms with Gasteiger partial charge in [-0.25, -0.2) is 0 Å². The molecule has 17 heavy (non-hydrogen) atoms. The molecule has 1 heterocycles. The summed E-state index contributed by atoms with van der Waals surface area (Å²) in [7, 11) is 1.76. The SMILES string of the molecule is COCC(CN)N1CCCC(C(C)(C)C)CC1. The quantitative estimate of drug-likeness (QED) is 0.820. The van der Waals surface area contributed by atoms with Gasteiger partial charge in [0, 0.05) is 19.7 Å². The third kappa shape index (κ3) is 4.57. The van der Waals surface area contributed by atoms with Gasteiger partial charge in [0.25, 0.3) is 0 Å². The second kappa shape index (κ2) is 6.72. The van der Waals surface area contributed by atoms with Crippen LogP contribution in [0.4, 0.5) is 0 Å². The number of likely N-dealkylation sites (tertiary alicyclic amines) is 1. The summed E-state index contributed by atoms with van der Waals surface area (Å²) in [5, 5.41) is 0. The third-order valence-electron chi connectivity index (χ3n) is 4.13. The van der Waals surface area contributed by atoms with Crippen molar-refractivity contribution in [1.29, 1.82) is 0 Å². The molecular formula is C14H30N2O. The van der Waals surface area contributed by atoms with Crippen molar-refractivity contribution in [3.8, 4) is 0 Å². The zero-order chi connectivity index (χ0) is 12.9. The number of hydrogen-bond donors (Lipinski definition) is 1. The van der Waals surface area contributed by atoms with Crippen molar-refractivity contribution in [3.05, 3.63) is 0 Å². The Morgan fingerprint density at radius 2 is 2.00 bits per heavy atom. The Balaban J connectivity index is 2.52. The summed E-state index contributed by atoms with van der Waals surface area (Å²) >= 11 is 0. The van der Waals surface area contributed by atoms with E-state index in [1.807, 2.05) is 0 Å². The molecule has 0 saturated carbocycles. The molecule has 2 atom stereocenters. The van der Waals surface area contributed by atoms with Crippen LogP contribution in [0.5, 0.6) is 0 Å². The largest absolute Gasteiger partial charge is 0.383 e. The fourth-order valence-corrected chi connectivity index (χ4v) is 2.86.